The maximum atomic E-state index is 12.7. The minimum atomic E-state index is -3.55. The number of pyridine rings is 1. The van der Waals surface area contributed by atoms with E-state index in [1.807, 2.05) is 29.2 Å². The number of benzene rings is 1. The highest BCUT2D eigenvalue weighted by Gasteiger charge is 2.24. The fraction of sp³-hybridized carbons (Fsp3) is 0.348. The van der Waals surface area contributed by atoms with Crippen LogP contribution in [0, 0.1) is 6.92 Å². The molecule has 0 radical (unpaired) electrons. The van der Waals surface area contributed by atoms with E-state index >= 15 is 0 Å². The van der Waals surface area contributed by atoms with Gasteiger partial charge < -0.3 is 14.6 Å². The molecule has 1 saturated heterocycles. The van der Waals surface area contributed by atoms with Gasteiger partial charge in [-0.1, -0.05) is 17.7 Å². The topological polar surface area (TPSA) is 104 Å². The standard InChI is InChI=1S/C23H25ClN6O3S/c1-14-26-22-17(11-20(24)28-23(22)30(14)21-6-4-5-9-33-21)27-16-8-7-15(10-19(16)34(3,31)32)18-12-25-13-29(18)2/h7-8,10-13,21H,4-6,9H2,1-3H3,(H,27,28). The highest BCUT2D eigenvalue weighted by molar-refractivity contribution is 7.90. The zero-order chi connectivity index (χ0) is 24.0. The minimum Gasteiger partial charge on any atom is -0.358 e. The second-order valence-electron chi connectivity index (χ2n) is 8.51. The Balaban J connectivity index is 1.61. The van der Waals surface area contributed by atoms with Gasteiger partial charge in [-0.25, -0.2) is 23.4 Å². The van der Waals surface area contributed by atoms with E-state index in [-0.39, 0.29) is 16.3 Å². The molecule has 1 atom stereocenters. The van der Waals surface area contributed by atoms with Crippen molar-refractivity contribution < 1.29 is 13.2 Å². The number of nitrogens with one attached hydrogen (secondary N) is 1. The van der Waals surface area contributed by atoms with Crippen molar-refractivity contribution in [3.05, 3.63) is 47.8 Å². The number of sulfone groups is 1. The number of anilines is 2. The molecule has 3 aromatic heterocycles. The number of imidazole rings is 2. The number of hydrogen-bond acceptors (Lipinski definition) is 7. The van der Waals surface area contributed by atoms with Crippen LogP contribution in [0.3, 0.4) is 0 Å². The molecule has 0 aliphatic carbocycles. The van der Waals surface area contributed by atoms with E-state index in [1.165, 1.54) is 6.26 Å². The Morgan fingerprint density at radius 1 is 1.18 bits per heavy atom. The van der Waals surface area contributed by atoms with Gasteiger partial charge >= 0.3 is 0 Å². The Morgan fingerprint density at radius 2 is 2.00 bits per heavy atom. The highest BCUT2D eigenvalue weighted by atomic mass is 35.5. The Labute approximate surface area is 202 Å². The lowest BCUT2D eigenvalue weighted by Crippen LogP contribution is -2.19. The van der Waals surface area contributed by atoms with Crippen LogP contribution < -0.4 is 5.32 Å². The summed E-state index contributed by atoms with van der Waals surface area (Å²) in [6.07, 6.45) is 7.38. The van der Waals surface area contributed by atoms with Crippen molar-refractivity contribution in [2.75, 3.05) is 18.2 Å². The van der Waals surface area contributed by atoms with Gasteiger partial charge in [0.15, 0.2) is 15.5 Å². The number of ether oxygens (including phenoxy) is 1. The average Bonchev–Trinajstić information content (AvgIpc) is 3.36. The van der Waals surface area contributed by atoms with Crippen LogP contribution >= 0.6 is 11.6 Å². The molecule has 4 heterocycles. The van der Waals surface area contributed by atoms with E-state index in [1.54, 1.807) is 30.7 Å². The molecule has 34 heavy (non-hydrogen) atoms. The van der Waals surface area contributed by atoms with Crippen LogP contribution in [0.4, 0.5) is 11.4 Å². The predicted octanol–water partition coefficient (Wildman–Crippen LogP) is 4.64. The van der Waals surface area contributed by atoms with Gasteiger partial charge in [-0.2, -0.15) is 0 Å². The average molecular weight is 501 g/mol. The largest absolute Gasteiger partial charge is 0.358 e. The van der Waals surface area contributed by atoms with E-state index in [2.05, 4.69) is 15.3 Å². The van der Waals surface area contributed by atoms with Crippen LogP contribution in [0.1, 0.15) is 31.3 Å². The first-order valence-electron chi connectivity index (χ1n) is 11.0. The van der Waals surface area contributed by atoms with Crippen LogP contribution in [0.2, 0.25) is 5.15 Å². The van der Waals surface area contributed by atoms with Crippen molar-refractivity contribution >= 4 is 44.0 Å². The van der Waals surface area contributed by atoms with Crippen molar-refractivity contribution in [3.63, 3.8) is 0 Å². The molecule has 4 aromatic rings. The molecule has 0 bridgehead atoms. The molecule has 1 aromatic carbocycles. The highest BCUT2D eigenvalue weighted by Crippen LogP contribution is 2.35. The lowest BCUT2D eigenvalue weighted by atomic mass is 10.1. The third-order valence-corrected chi connectivity index (χ3v) is 7.33. The maximum absolute atomic E-state index is 12.7. The number of aryl methyl sites for hydroxylation is 2. The minimum absolute atomic E-state index is 0.151. The molecule has 0 spiro atoms. The Bertz CT molecular complexity index is 1490. The number of hydrogen-bond donors (Lipinski definition) is 1. The normalized spacial score (nSPS) is 16.8. The van der Waals surface area contributed by atoms with E-state index in [0.29, 0.717) is 29.1 Å². The fourth-order valence-electron chi connectivity index (χ4n) is 4.38. The number of nitrogens with zero attached hydrogens (tertiary/aromatic N) is 5. The van der Waals surface area contributed by atoms with E-state index < -0.39 is 9.84 Å². The lowest BCUT2D eigenvalue weighted by Gasteiger charge is -2.25. The zero-order valence-electron chi connectivity index (χ0n) is 19.1. The molecule has 5 rings (SSSR count). The number of aromatic nitrogens is 5. The summed E-state index contributed by atoms with van der Waals surface area (Å²) in [4.78, 5) is 13.5. The molecular formula is C23H25ClN6O3S. The van der Waals surface area contributed by atoms with Crippen LogP contribution in [0.25, 0.3) is 22.4 Å². The summed E-state index contributed by atoms with van der Waals surface area (Å²) >= 11 is 6.39. The summed E-state index contributed by atoms with van der Waals surface area (Å²) in [7, 11) is -1.69. The molecule has 1 aliphatic heterocycles. The first-order valence-corrected chi connectivity index (χ1v) is 13.2. The second kappa shape index (κ2) is 8.68. The van der Waals surface area contributed by atoms with Gasteiger partial charge in [-0.05, 0) is 38.3 Å². The first-order chi connectivity index (χ1) is 16.2. The monoisotopic (exact) mass is 500 g/mol. The van der Waals surface area contributed by atoms with Crippen molar-refractivity contribution in [1.29, 1.82) is 0 Å². The van der Waals surface area contributed by atoms with Crippen molar-refractivity contribution in [2.24, 2.45) is 7.05 Å². The molecule has 1 unspecified atom stereocenters. The Kier molecular flexibility index (Phi) is 5.83. The van der Waals surface area contributed by atoms with Gasteiger partial charge in [-0.15, -0.1) is 0 Å². The molecule has 0 saturated carbocycles. The second-order valence-corrected chi connectivity index (χ2v) is 10.9. The smallest absolute Gasteiger partial charge is 0.177 e. The summed E-state index contributed by atoms with van der Waals surface area (Å²) in [6.45, 7) is 2.60. The summed E-state index contributed by atoms with van der Waals surface area (Å²) < 4.78 is 35.2. The number of halogens is 1. The third-order valence-electron chi connectivity index (χ3n) is 6.00. The van der Waals surface area contributed by atoms with Gasteiger partial charge in [0.25, 0.3) is 0 Å². The van der Waals surface area contributed by atoms with E-state index in [0.717, 1.165) is 36.3 Å². The van der Waals surface area contributed by atoms with Crippen LogP contribution in [0.5, 0.6) is 0 Å². The van der Waals surface area contributed by atoms with Crippen LogP contribution in [-0.2, 0) is 21.6 Å². The van der Waals surface area contributed by atoms with Gasteiger partial charge in [-0.3, -0.25) is 4.57 Å². The molecule has 9 nitrogen and oxygen atoms in total. The molecule has 11 heteroatoms. The summed E-state index contributed by atoms with van der Waals surface area (Å²) in [5.41, 5.74) is 3.77. The summed E-state index contributed by atoms with van der Waals surface area (Å²) in [5.74, 6) is 0.759. The van der Waals surface area contributed by atoms with Crippen LogP contribution in [-0.4, -0.2) is 45.4 Å². The first kappa shape index (κ1) is 22.8. The molecular weight excluding hydrogens is 476 g/mol. The van der Waals surface area contributed by atoms with Gasteiger partial charge in [0, 0.05) is 31.5 Å². The van der Waals surface area contributed by atoms with Crippen molar-refractivity contribution in [1.82, 2.24) is 24.1 Å². The SMILES string of the molecule is Cc1nc2c(Nc3ccc(-c4cncn4C)cc3S(C)(=O)=O)cc(Cl)nc2n1C1CCCCO1. The Hall–Kier alpha value is -2.95. The zero-order valence-corrected chi connectivity index (χ0v) is 20.7. The van der Waals surface area contributed by atoms with Gasteiger partial charge in [0.1, 0.15) is 22.7 Å². The molecule has 1 aliphatic rings. The van der Waals surface area contributed by atoms with Gasteiger partial charge in [0.05, 0.1) is 34.5 Å². The molecule has 0 amide bonds. The van der Waals surface area contributed by atoms with Crippen molar-refractivity contribution in [3.8, 4) is 11.3 Å². The van der Waals surface area contributed by atoms with E-state index in [9.17, 15) is 8.42 Å². The summed E-state index contributed by atoms with van der Waals surface area (Å²) in [6, 6.07) is 6.90. The van der Waals surface area contributed by atoms with E-state index in [4.69, 9.17) is 21.3 Å². The van der Waals surface area contributed by atoms with Crippen molar-refractivity contribution in [2.45, 2.75) is 37.3 Å². The summed E-state index contributed by atoms with van der Waals surface area (Å²) in [5, 5.41) is 3.53. The Morgan fingerprint density at radius 3 is 2.68 bits per heavy atom. The lowest BCUT2D eigenvalue weighted by molar-refractivity contribution is -0.0309. The maximum Gasteiger partial charge on any atom is 0.177 e. The predicted molar refractivity (Wildman–Crippen MR) is 131 cm³/mol. The van der Waals surface area contributed by atoms with Crippen LogP contribution in [0.15, 0.2) is 41.7 Å². The fourth-order valence-corrected chi connectivity index (χ4v) is 5.43. The quantitative estimate of drug-likeness (QED) is 0.398. The third kappa shape index (κ3) is 4.17. The number of rotatable bonds is 5. The number of fused-ring (bicyclic) bond motifs is 1. The molecule has 178 valence electrons. The molecule has 1 N–H and O–H groups in total. The van der Waals surface area contributed by atoms with Gasteiger partial charge in [0.2, 0.25) is 0 Å². The molecule has 1 fully saturated rings.